The fourth-order valence-electron chi connectivity index (χ4n) is 2.17. The summed E-state index contributed by atoms with van der Waals surface area (Å²) < 4.78 is 5.70. The molecule has 5 nitrogen and oxygen atoms in total. The molecule has 0 aliphatic rings. The number of H-pyrrole nitrogens is 1. The van der Waals surface area contributed by atoms with Crippen molar-refractivity contribution in [1.29, 1.82) is 0 Å². The molecule has 2 rings (SSSR count). The Kier molecular flexibility index (Phi) is 5.11. The van der Waals surface area contributed by atoms with E-state index in [1.165, 1.54) is 0 Å². The number of aromatic nitrogens is 2. The van der Waals surface area contributed by atoms with Crippen LogP contribution < -0.4 is 10.3 Å². The van der Waals surface area contributed by atoms with Crippen molar-refractivity contribution >= 4 is 0 Å². The van der Waals surface area contributed by atoms with E-state index in [1.807, 2.05) is 31.2 Å². The van der Waals surface area contributed by atoms with Crippen LogP contribution in [0.2, 0.25) is 0 Å². The highest BCUT2D eigenvalue weighted by Crippen LogP contribution is 2.16. The molecule has 1 heterocycles. The normalized spacial score (nSPS) is 10.6. The summed E-state index contributed by atoms with van der Waals surface area (Å²) in [5.74, 6) is 1.45. The third-order valence-electron chi connectivity index (χ3n) is 3.32. The van der Waals surface area contributed by atoms with Gasteiger partial charge in [-0.3, -0.25) is 4.79 Å². The smallest absolute Gasteiger partial charge is 0.254 e. The van der Waals surface area contributed by atoms with Gasteiger partial charge in [-0.2, -0.15) is 0 Å². The predicted octanol–water partition coefficient (Wildman–Crippen LogP) is 1.54. The van der Waals surface area contributed by atoms with Crippen molar-refractivity contribution < 1.29 is 9.84 Å². The van der Waals surface area contributed by atoms with Crippen LogP contribution in [0.3, 0.4) is 0 Å². The molecule has 0 aliphatic carbocycles. The highest BCUT2D eigenvalue weighted by molar-refractivity contribution is 5.31. The number of nitrogens with one attached hydrogen (secondary N) is 1. The van der Waals surface area contributed by atoms with Crippen LogP contribution >= 0.6 is 0 Å². The second kappa shape index (κ2) is 7.04. The zero-order valence-corrected chi connectivity index (χ0v) is 12.3. The highest BCUT2D eigenvalue weighted by Gasteiger charge is 2.08. The van der Waals surface area contributed by atoms with Gasteiger partial charge in [0.05, 0.1) is 6.61 Å². The molecular formula is C16H20N2O3. The standard InChI is InChI=1S/C16H20N2O3/c1-11-5-3-4-6-14(11)21-10-8-15-17-12(2)13(7-9-19)16(20)18-15/h3-6,19H,7-10H2,1-2H3,(H,17,18,20). The Labute approximate surface area is 123 Å². The van der Waals surface area contributed by atoms with Gasteiger partial charge in [-0.15, -0.1) is 0 Å². The summed E-state index contributed by atoms with van der Waals surface area (Å²) in [7, 11) is 0. The van der Waals surface area contributed by atoms with Crippen molar-refractivity contribution in [3.8, 4) is 5.75 Å². The maximum Gasteiger partial charge on any atom is 0.254 e. The van der Waals surface area contributed by atoms with Gasteiger partial charge in [0, 0.05) is 30.7 Å². The van der Waals surface area contributed by atoms with Gasteiger partial charge >= 0.3 is 0 Å². The number of benzene rings is 1. The van der Waals surface area contributed by atoms with Crippen molar-refractivity contribution in [2.24, 2.45) is 0 Å². The lowest BCUT2D eigenvalue weighted by Gasteiger charge is -2.09. The molecule has 1 aromatic carbocycles. The quantitative estimate of drug-likeness (QED) is 0.845. The van der Waals surface area contributed by atoms with Crippen molar-refractivity contribution in [3.63, 3.8) is 0 Å². The number of aryl methyl sites for hydroxylation is 2. The Balaban J connectivity index is 2.01. The number of aliphatic hydroxyl groups excluding tert-OH is 1. The Hall–Kier alpha value is -2.14. The summed E-state index contributed by atoms with van der Waals surface area (Å²) >= 11 is 0. The molecule has 0 spiro atoms. The second-order valence-electron chi connectivity index (χ2n) is 4.91. The van der Waals surface area contributed by atoms with E-state index in [0.29, 0.717) is 36.5 Å². The lowest BCUT2D eigenvalue weighted by atomic mass is 10.2. The third-order valence-corrected chi connectivity index (χ3v) is 3.32. The van der Waals surface area contributed by atoms with Crippen LogP contribution in [-0.2, 0) is 12.8 Å². The Morgan fingerprint density at radius 3 is 2.67 bits per heavy atom. The molecule has 0 amide bonds. The van der Waals surface area contributed by atoms with Crippen LogP contribution in [0.1, 0.15) is 22.6 Å². The van der Waals surface area contributed by atoms with E-state index in [4.69, 9.17) is 9.84 Å². The van der Waals surface area contributed by atoms with Crippen molar-refractivity contribution in [3.05, 3.63) is 57.3 Å². The first-order valence-electron chi connectivity index (χ1n) is 6.99. The van der Waals surface area contributed by atoms with Crippen LogP contribution in [0.5, 0.6) is 5.75 Å². The lowest BCUT2D eigenvalue weighted by molar-refractivity contribution is 0.298. The van der Waals surface area contributed by atoms with Crippen molar-refractivity contribution in [2.75, 3.05) is 13.2 Å². The van der Waals surface area contributed by atoms with Crippen LogP contribution in [0.4, 0.5) is 0 Å². The number of nitrogens with zero attached hydrogens (tertiary/aromatic N) is 1. The van der Waals surface area contributed by atoms with Gasteiger partial charge in [-0.1, -0.05) is 18.2 Å². The van der Waals surface area contributed by atoms with Crippen molar-refractivity contribution in [2.45, 2.75) is 26.7 Å². The number of hydrogen-bond donors (Lipinski definition) is 2. The third kappa shape index (κ3) is 3.92. The van der Waals surface area contributed by atoms with Gasteiger partial charge in [0.25, 0.3) is 5.56 Å². The first kappa shape index (κ1) is 15.3. The predicted molar refractivity (Wildman–Crippen MR) is 80.8 cm³/mol. The van der Waals surface area contributed by atoms with Gasteiger partial charge in [0.15, 0.2) is 0 Å². The molecule has 0 aliphatic heterocycles. The van der Waals surface area contributed by atoms with Gasteiger partial charge in [0.2, 0.25) is 0 Å². The van der Waals surface area contributed by atoms with Gasteiger partial charge in [-0.25, -0.2) is 4.98 Å². The SMILES string of the molecule is Cc1ccccc1OCCc1nc(C)c(CCO)c(=O)[nH]1. The molecule has 0 atom stereocenters. The van der Waals surface area contributed by atoms with E-state index in [9.17, 15) is 4.79 Å². The summed E-state index contributed by atoms with van der Waals surface area (Å²) in [4.78, 5) is 19.0. The Bertz CT molecular complexity index is 665. The van der Waals surface area contributed by atoms with Gasteiger partial charge in [-0.05, 0) is 25.5 Å². The zero-order valence-electron chi connectivity index (χ0n) is 12.3. The van der Waals surface area contributed by atoms with E-state index >= 15 is 0 Å². The summed E-state index contributed by atoms with van der Waals surface area (Å²) in [6, 6.07) is 7.80. The first-order valence-corrected chi connectivity index (χ1v) is 6.99. The lowest BCUT2D eigenvalue weighted by Crippen LogP contribution is -2.21. The summed E-state index contributed by atoms with van der Waals surface area (Å²) in [5, 5.41) is 8.93. The van der Waals surface area contributed by atoms with Gasteiger partial charge < -0.3 is 14.8 Å². The fourth-order valence-corrected chi connectivity index (χ4v) is 2.17. The van der Waals surface area contributed by atoms with Crippen LogP contribution in [-0.4, -0.2) is 28.3 Å². The average Bonchev–Trinajstić information content (AvgIpc) is 2.45. The van der Waals surface area contributed by atoms with Crippen molar-refractivity contribution in [1.82, 2.24) is 9.97 Å². The van der Waals surface area contributed by atoms with E-state index in [0.717, 1.165) is 11.3 Å². The zero-order chi connectivity index (χ0) is 15.2. The first-order chi connectivity index (χ1) is 10.1. The fraction of sp³-hybridized carbons (Fsp3) is 0.375. The van der Waals surface area contributed by atoms with Crippen LogP contribution in [0, 0.1) is 13.8 Å². The summed E-state index contributed by atoms with van der Waals surface area (Å²) in [6.45, 7) is 4.17. The van der Waals surface area contributed by atoms with Crippen LogP contribution in [0.25, 0.3) is 0 Å². The second-order valence-corrected chi connectivity index (χ2v) is 4.91. The van der Waals surface area contributed by atoms with Gasteiger partial charge in [0.1, 0.15) is 11.6 Å². The number of aliphatic hydroxyl groups is 1. The maximum absolute atomic E-state index is 11.9. The monoisotopic (exact) mass is 288 g/mol. The number of hydrogen-bond acceptors (Lipinski definition) is 4. The highest BCUT2D eigenvalue weighted by atomic mass is 16.5. The minimum atomic E-state index is -0.178. The molecule has 112 valence electrons. The largest absolute Gasteiger partial charge is 0.493 e. The molecule has 0 bridgehead atoms. The molecule has 2 N–H and O–H groups in total. The maximum atomic E-state index is 11.9. The van der Waals surface area contributed by atoms with E-state index < -0.39 is 0 Å². The molecule has 0 fully saturated rings. The number of ether oxygens (including phenoxy) is 1. The summed E-state index contributed by atoms with van der Waals surface area (Å²) in [6.07, 6.45) is 0.859. The summed E-state index contributed by atoms with van der Waals surface area (Å²) in [5.41, 5.74) is 2.11. The minimum Gasteiger partial charge on any atom is -0.493 e. The Morgan fingerprint density at radius 2 is 2.00 bits per heavy atom. The molecule has 1 aromatic heterocycles. The molecule has 0 saturated carbocycles. The topological polar surface area (TPSA) is 75.2 Å². The van der Waals surface area contributed by atoms with Crippen LogP contribution in [0.15, 0.2) is 29.1 Å². The molecule has 5 heteroatoms. The number of aromatic amines is 1. The van der Waals surface area contributed by atoms with E-state index in [2.05, 4.69) is 9.97 Å². The average molecular weight is 288 g/mol. The number of rotatable bonds is 6. The Morgan fingerprint density at radius 1 is 1.24 bits per heavy atom. The molecule has 0 unspecified atom stereocenters. The molecular weight excluding hydrogens is 268 g/mol. The molecule has 0 radical (unpaired) electrons. The number of para-hydroxylation sites is 1. The minimum absolute atomic E-state index is 0.0542. The molecule has 21 heavy (non-hydrogen) atoms. The molecule has 0 saturated heterocycles. The van der Waals surface area contributed by atoms with E-state index in [1.54, 1.807) is 6.92 Å². The molecule has 2 aromatic rings. The van der Waals surface area contributed by atoms with E-state index in [-0.39, 0.29) is 12.2 Å².